The van der Waals surface area contributed by atoms with Gasteiger partial charge in [0.25, 0.3) is 0 Å². The smallest absolute Gasteiger partial charge is 0.232 e. The molecule has 1 unspecified atom stereocenters. The Morgan fingerprint density at radius 3 is 2.79 bits per heavy atom. The Bertz CT molecular complexity index is 1030. The molecule has 150 valence electrons. The summed E-state index contributed by atoms with van der Waals surface area (Å²) in [5.41, 5.74) is -1.02. The van der Waals surface area contributed by atoms with Crippen molar-refractivity contribution >= 4 is 27.3 Å². The van der Waals surface area contributed by atoms with Gasteiger partial charge < -0.3 is 10.1 Å². The van der Waals surface area contributed by atoms with Crippen LogP contribution in [0, 0.1) is 11.6 Å². The number of methoxy groups -OCH3 is 1. The molecule has 0 fully saturated rings. The predicted octanol–water partition coefficient (Wildman–Crippen LogP) is 2.31. The lowest BCUT2D eigenvalue weighted by Gasteiger charge is -2.15. The number of ketones is 1. The van der Waals surface area contributed by atoms with Crippen LogP contribution in [0.25, 0.3) is 0 Å². The maximum absolute atomic E-state index is 14.9. The van der Waals surface area contributed by atoms with E-state index < -0.39 is 44.6 Å². The van der Waals surface area contributed by atoms with Gasteiger partial charge in [-0.05, 0) is 18.6 Å². The van der Waals surface area contributed by atoms with E-state index in [1.54, 1.807) is 6.92 Å². The van der Waals surface area contributed by atoms with Crippen LogP contribution in [0.5, 0.6) is 5.88 Å². The van der Waals surface area contributed by atoms with Crippen LogP contribution in [0.1, 0.15) is 35.2 Å². The Balaban J connectivity index is 2.02. The van der Waals surface area contributed by atoms with E-state index in [4.69, 9.17) is 4.74 Å². The topological polar surface area (TPSA) is 110 Å². The molecule has 0 aliphatic carbocycles. The van der Waals surface area contributed by atoms with Crippen LogP contribution < -0.4 is 14.8 Å². The molecule has 0 radical (unpaired) electrons. The Kier molecular flexibility index (Phi) is 5.45. The van der Waals surface area contributed by atoms with E-state index in [-0.39, 0.29) is 18.2 Å². The van der Waals surface area contributed by atoms with Crippen molar-refractivity contribution in [3.8, 4) is 5.88 Å². The summed E-state index contributed by atoms with van der Waals surface area (Å²) in [6, 6.07) is 1.79. The predicted molar refractivity (Wildman–Crippen MR) is 98.2 cm³/mol. The van der Waals surface area contributed by atoms with Crippen LogP contribution in [0.3, 0.4) is 0 Å². The third-order valence-corrected chi connectivity index (χ3v) is 5.73. The third-order valence-electron chi connectivity index (χ3n) is 4.26. The molecule has 3 rings (SSSR count). The van der Waals surface area contributed by atoms with Gasteiger partial charge in [0.2, 0.25) is 15.9 Å². The summed E-state index contributed by atoms with van der Waals surface area (Å²) < 4.78 is 60.3. The zero-order valence-electron chi connectivity index (χ0n) is 15.1. The molecule has 1 aromatic heterocycles. The molecule has 0 saturated heterocycles. The lowest BCUT2D eigenvalue weighted by molar-refractivity contribution is 0.0957. The second kappa shape index (κ2) is 7.66. The molecule has 1 aliphatic heterocycles. The third kappa shape index (κ3) is 3.61. The number of ether oxygens (including phenoxy) is 1. The van der Waals surface area contributed by atoms with Crippen molar-refractivity contribution in [1.29, 1.82) is 0 Å². The Labute approximate surface area is 160 Å². The number of rotatable bonds is 7. The number of anilines is 2. The van der Waals surface area contributed by atoms with Crippen LogP contribution >= 0.6 is 0 Å². The highest BCUT2D eigenvalue weighted by Crippen LogP contribution is 2.38. The second-order valence-corrected chi connectivity index (χ2v) is 7.99. The summed E-state index contributed by atoms with van der Waals surface area (Å²) in [5.74, 6) is -4.00. The Morgan fingerprint density at radius 2 is 2.11 bits per heavy atom. The number of carbonyl (C=O) groups excluding carboxylic acids is 1. The minimum Gasteiger partial charge on any atom is -0.481 e. The van der Waals surface area contributed by atoms with Crippen LogP contribution in [0.15, 0.2) is 18.5 Å². The number of Topliss-reactive ketones (excluding diaryl/α,β-unsaturated/α-hetero) is 1. The number of hydrogen-bond donors (Lipinski definition) is 2. The standard InChI is InChI=1S/C17H18F2N4O4S/c1-3-6-28(25,26)23-11-5-4-10(18)13(14(11)19)15(24)9-7-20-16-12(9)17(27-2)22-8-21-16/h4-5,8-9,23H,3,6-7H2,1-2H3,(H,20,21,22). The van der Waals surface area contributed by atoms with E-state index >= 15 is 0 Å². The average Bonchev–Trinajstić information content (AvgIpc) is 3.08. The van der Waals surface area contributed by atoms with Gasteiger partial charge in [-0.25, -0.2) is 27.2 Å². The summed E-state index contributed by atoms with van der Waals surface area (Å²) in [6.07, 6.45) is 1.55. The van der Waals surface area contributed by atoms with Crippen LogP contribution in [-0.2, 0) is 10.0 Å². The van der Waals surface area contributed by atoms with E-state index in [0.29, 0.717) is 17.8 Å². The van der Waals surface area contributed by atoms with Crippen molar-refractivity contribution < 1.29 is 26.7 Å². The summed E-state index contributed by atoms with van der Waals surface area (Å²) in [6.45, 7) is 1.70. The molecule has 2 aromatic rings. The number of aromatic nitrogens is 2. The second-order valence-electron chi connectivity index (χ2n) is 6.15. The fraction of sp³-hybridized carbons (Fsp3) is 0.353. The largest absolute Gasteiger partial charge is 0.481 e. The van der Waals surface area contributed by atoms with Gasteiger partial charge in [-0.2, -0.15) is 0 Å². The molecule has 2 N–H and O–H groups in total. The molecular weight excluding hydrogens is 394 g/mol. The Hall–Kier alpha value is -2.82. The fourth-order valence-electron chi connectivity index (χ4n) is 3.04. The van der Waals surface area contributed by atoms with Gasteiger partial charge in [0, 0.05) is 6.54 Å². The maximum atomic E-state index is 14.9. The van der Waals surface area contributed by atoms with Crippen molar-refractivity contribution in [1.82, 2.24) is 9.97 Å². The van der Waals surface area contributed by atoms with Crippen molar-refractivity contribution in [3.63, 3.8) is 0 Å². The first kappa shape index (κ1) is 19.9. The highest BCUT2D eigenvalue weighted by atomic mass is 32.2. The number of sulfonamides is 1. The maximum Gasteiger partial charge on any atom is 0.232 e. The summed E-state index contributed by atoms with van der Waals surface area (Å²) in [5, 5.41) is 2.88. The van der Waals surface area contributed by atoms with Gasteiger partial charge in [0.15, 0.2) is 11.6 Å². The number of benzene rings is 1. The van der Waals surface area contributed by atoms with E-state index in [9.17, 15) is 22.0 Å². The minimum atomic E-state index is -3.82. The van der Waals surface area contributed by atoms with Crippen LogP contribution in [-0.4, -0.2) is 43.6 Å². The average molecular weight is 412 g/mol. The molecule has 1 aromatic carbocycles. The molecule has 1 aliphatic rings. The highest BCUT2D eigenvalue weighted by molar-refractivity contribution is 7.92. The molecule has 0 saturated carbocycles. The first-order valence-electron chi connectivity index (χ1n) is 8.44. The minimum absolute atomic E-state index is 0.0495. The number of halogens is 2. The van der Waals surface area contributed by atoms with E-state index in [2.05, 4.69) is 20.0 Å². The lowest BCUT2D eigenvalue weighted by atomic mass is 9.92. The van der Waals surface area contributed by atoms with Gasteiger partial charge in [0.1, 0.15) is 18.0 Å². The molecule has 0 bridgehead atoms. The molecular formula is C17H18F2N4O4S. The molecule has 1 atom stereocenters. The number of carbonyl (C=O) groups is 1. The number of hydrogen-bond acceptors (Lipinski definition) is 7. The van der Waals surface area contributed by atoms with Gasteiger partial charge in [-0.15, -0.1) is 0 Å². The van der Waals surface area contributed by atoms with Crippen molar-refractivity contribution in [2.45, 2.75) is 19.3 Å². The lowest BCUT2D eigenvalue weighted by Crippen LogP contribution is -2.21. The molecule has 8 nitrogen and oxygen atoms in total. The fourth-order valence-corrected chi connectivity index (χ4v) is 4.17. The zero-order valence-corrected chi connectivity index (χ0v) is 15.9. The van der Waals surface area contributed by atoms with Gasteiger partial charge in [-0.3, -0.25) is 9.52 Å². The van der Waals surface area contributed by atoms with E-state index in [1.807, 2.05) is 0 Å². The first-order valence-corrected chi connectivity index (χ1v) is 10.1. The molecule has 0 amide bonds. The monoisotopic (exact) mass is 412 g/mol. The summed E-state index contributed by atoms with van der Waals surface area (Å²) in [7, 11) is -2.46. The highest BCUT2D eigenvalue weighted by Gasteiger charge is 2.37. The number of fused-ring (bicyclic) bond motifs is 1. The van der Waals surface area contributed by atoms with Gasteiger partial charge in [0.05, 0.1) is 35.6 Å². The molecule has 2 heterocycles. The van der Waals surface area contributed by atoms with Crippen LogP contribution in [0.2, 0.25) is 0 Å². The summed E-state index contributed by atoms with van der Waals surface area (Å²) in [4.78, 5) is 20.9. The van der Waals surface area contributed by atoms with Crippen molar-refractivity contribution in [2.75, 3.05) is 29.4 Å². The molecule has 11 heteroatoms. The zero-order chi connectivity index (χ0) is 20.5. The normalized spacial score (nSPS) is 15.6. The van der Waals surface area contributed by atoms with Crippen molar-refractivity contribution in [2.24, 2.45) is 0 Å². The Morgan fingerprint density at radius 1 is 1.36 bits per heavy atom. The number of nitrogens with zero attached hydrogens (tertiary/aromatic N) is 2. The quantitative estimate of drug-likeness (QED) is 0.672. The van der Waals surface area contributed by atoms with Crippen molar-refractivity contribution in [3.05, 3.63) is 41.2 Å². The van der Waals surface area contributed by atoms with E-state index in [1.165, 1.54) is 13.4 Å². The van der Waals surface area contributed by atoms with Crippen LogP contribution in [0.4, 0.5) is 20.3 Å². The number of nitrogens with one attached hydrogen (secondary N) is 2. The summed E-state index contributed by atoms with van der Waals surface area (Å²) >= 11 is 0. The van der Waals surface area contributed by atoms with Gasteiger partial charge >= 0.3 is 0 Å². The molecule has 28 heavy (non-hydrogen) atoms. The molecule has 0 spiro atoms. The SMILES string of the molecule is CCCS(=O)(=O)Nc1ccc(F)c(C(=O)C2CNc3ncnc(OC)c32)c1F. The van der Waals surface area contributed by atoms with E-state index in [0.717, 1.165) is 12.1 Å². The van der Waals surface area contributed by atoms with Gasteiger partial charge in [-0.1, -0.05) is 6.92 Å². The first-order chi connectivity index (χ1) is 13.3.